The molecular weight excluding hydrogens is 192 g/mol. The minimum atomic E-state index is -1.43. The van der Waals surface area contributed by atoms with Crippen LogP contribution in [0.4, 0.5) is 0 Å². The van der Waals surface area contributed by atoms with E-state index >= 15 is 0 Å². The summed E-state index contributed by atoms with van der Waals surface area (Å²) in [6.07, 6.45) is -1.43. The smallest absolute Gasteiger partial charge is 0.337 e. The first-order chi connectivity index (χ1) is 6.86. The summed E-state index contributed by atoms with van der Waals surface area (Å²) in [6.45, 7) is 7.58. The molecule has 0 saturated carbocycles. The second-order valence-corrected chi connectivity index (χ2v) is 3.91. The van der Waals surface area contributed by atoms with Crippen LogP contribution in [-0.2, 0) is 4.79 Å². The molecular formula is C12H16O3. The Hall–Kier alpha value is -1.35. The molecule has 0 aliphatic carbocycles. The van der Waals surface area contributed by atoms with Crippen LogP contribution in [0, 0.1) is 27.7 Å². The van der Waals surface area contributed by atoms with Gasteiger partial charge in [-0.15, -0.1) is 0 Å². The zero-order valence-corrected chi connectivity index (χ0v) is 9.46. The number of hydrogen-bond acceptors (Lipinski definition) is 2. The van der Waals surface area contributed by atoms with Gasteiger partial charge in [-0.25, -0.2) is 4.79 Å². The van der Waals surface area contributed by atoms with Gasteiger partial charge in [0.2, 0.25) is 0 Å². The third-order valence-corrected chi connectivity index (χ3v) is 2.92. The summed E-state index contributed by atoms with van der Waals surface area (Å²) in [4.78, 5) is 10.8. The summed E-state index contributed by atoms with van der Waals surface area (Å²) in [7, 11) is 0. The molecule has 0 aliphatic heterocycles. The van der Waals surface area contributed by atoms with Crippen LogP contribution in [0.25, 0.3) is 0 Å². The first-order valence-electron chi connectivity index (χ1n) is 4.84. The van der Waals surface area contributed by atoms with E-state index in [2.05, 4.69) is 0 Å². The standard InChI is InChI=1S/C12H16O3/c1-6-5-7(2)10(9(4)8(6)3)11(13)12(14)15/h5,11,13H,1-4H3,(H,14,15)/t11-/m1/s1. The van der Waals surface area contributed by atoms with Gasteiger partial charge in [-0.3, -0.25) is 0 Å². The maximum absolute atomic E-state index is 10.8. The van der Waals surface area contributed by atoms with Crippen LogP contribution in [0.5, 0.6) is 0 Å². The molecule has 15 heavy (non-hydrogen) atoms. The first-order valence-corrected chi connectivity index (χ1v) is 4.84. The van der Waals surface area contributed by atoms with Crippen molar-refractivity contribution in [3.05, 3.63) is 33.9 Å². The van der Waals surface area contributed by atoms with Crippen LogP contribution in [0.1, 0.15) is 33.9 Å². The molecule has 0 aromatic heterocycles. The Morgan fingerprint density at radius 2 is 1.67 bits per heavy atom. The number of rotatable bonds is 2. The van der Waals surface area contributed by atoms with E-state index in [1.54, 1.807) is 0 Å². The van der Waals surface area contributed by atoms with Crippen molar-refractivity contribution in [3.8, 4) is 0 Å². The van der Waals surface area contributed by atoms with E-state index in [4.69, 9.17) is 5.11 Å². The van der Waals surface area contributed by atoms with Gasteiger partial charge in [0.25, 0.3) is 0 Å². The molecule has 0 amide bonds. The summed E-state index contributed by atoms with van der Waals surface area (Å²) in [5.74, 6) is -1.20. The lowest BCUT2D eigenvalue weighted by Crippen LogP contribution is -2.14. The molecule has 3 nitrogen and oxygen atoms in total. The second kappa shape index (κ2) is 4.03. The van der Waals surface area contributed by atoms with Crippen molar-refractivity contribution in [2.24, 2.45) is 0 Å². The Labute approximate surface area is 89.4 Å². The van der Waals surface area contributed by atoms with Crippen LogP contribution in [0.2, 0.25) is 0 Å². The Bertz CT molecular complexity index is 408. The van der Waals surface area contributed by atoms with Crippen LogP contribution in [0.15, 0.2) is 6.07 Å². The van der Waals surface area contributed by atoms with E-state index in [1.165, 1.54) is 0 Å². The van der Waals surface area contributed by atoms with E-state index in [0.29, 0.717) is 5.56 Å². The van der Waals surface area contributed by atoms with Crippen LogP contribution >= 0.6 is 0 Å². The fourth-order valence-corrected chi connectivity index (χ4v) is 1.85. The maximum atomic E-state index is 10.8. The Balaban J connectivity index is 3.42. The van der Waals surface area contributed by atoms with Gasteiger partial charge in [-0.2, -0.15) is 0 Å². The van der Waals surface area contributed by atoms with Gasteiger partial charge in [0, 0.05) is 0 Å². The predicted molar refractivity (Wildman–Crippen MR) is 58.0 cm³/mol. The highest BCUT2D eigenvalue weighted by atomic mass is 16.4. The summed E-state index contributed by atoms with van der Waals surface area (Å²) in [5.41, 5.74) is 4.36. The van der Waals surface area contributed by atoms with E-state index in [9.17, 15) is 9.90 Å². The molecule has 1 aromatic carbocycles. The number of carboxylic acids is 1. The van der Waals surface area contributed by atoms with Crippen molar-refractivity contribution in [2.45, 2.75) is 33.8 Å². The summed E-state index contributed by atoms with van der Waals surface area (Å²) in [5, 5.41) is 18.4. The molecule has 1 rings (SSSR count). The average molecular weight is 208 g/mol. The van der Waals surface area contributed by atoms with Gasteiger partial charge >= 0.3 is 5.97 Å². The van der Waals surface area contributed by atoms with Gasteiger partial charge in [0.05, 0.1) is 0 Å². The Morgan fingerprint density at radius 3 is 2.13 bits per heavy atom. The number of aryl methyl sites for hydroxylation is 2. The number of carbonyl (C=O) groups is 1. The van der Waals surface area contributed by atoms with Gasteiger partial charge in [-0.05, 0) is 55.5 Å². The fourth-order valence-electron chi connectivity index (χ4n) is 1.85. The van der Waals surface area contributed by atoms with Gasteiger partial charge in [-0.1, -0.05) is 6.07 Å². The largest absolute Gasteiger partial charge is 0.479 e. The Morgan fingerprint density at radius 1 is 1.13 bits per heavy atom. The van der Waals surface area contributed by atoms with Crippen molar-refractivity contribution < 1.29 is 15.0 Å². The normalized spacial score (nSPS) is 12.6. The number of hydrogen-bond donors (Lipinski definition) is 2. The summed E-state index contributed by atoms with van der Waals surface area (Å²) >= 11 is 0. The molecule has 0 radical (unpaired) electrons. The van der Waals surface area contributed by atoms with Crippen molar-refractivity contribution in [2.75, 3.05) is 0 Å². The van der Waals surface area contributed by atoms with Crippen LogP contribution < -0.4 is 0 Å². The second-order valence-electron chi connectivity index (χ2n) is 3.91. The number of aliphatic hydroxyl groups excluding tert-OH is 1. The van der Waals surface area contributed by atoms with E-state index in [-0.39, 0.29) is 0 Å². The number of aliphatic hydroxyl groups is 1. The highest BCUT2D eigenvalue weighted by Crippen LogP contribution is 2.27. The molecule has 0 heterocycles. The fraction of sp³-hybridized carbons (Fsp3) is 0.417. The van der Waals surface area contributed by atoms with E-state index in [1.807, 2.05) is 33.8 Å². The predicted octanol–water partition coefficient (Wildman–Crippen LogP) is 2.04. The monoisotopic (exact) mass is 208 g/mol. The molecule has 0 spiro atoms. The van der Waals surface area contributed by atoms with Crippen LogP contribution in [0.3, 0.4) is 0 Å². The number of carboxylic acid groups (broad SMARTS) is 1. The average Bonchev–Trinajstić information content (AvgIpc) is 2.14. The van der Waals surface area contributed by atoms with Gasteiger partial charge < -0.3 is 10.2 Å². The summed E-state index contributed by atoms with van der Waals surface area (Å²) in [6, 6.07) is 1.91. The lowest BCUT2D eigenvalue weighted by molar-refractivity contribution is -0.147. The van der Waals surface area contributed by atoms with Crippen LogP contribution in [-0.4, -0.2) is 16.2 Å². The number of benzene rings is 1. The highest BCUT2D eigenvalue weighted by Gasteiger charge is 2.21. The van der Waals surface area contributed by atoms with Crippen molar-refractivity contribution >= 4 is 5.97 Å². The SMILES string of the molecule is Cc1cc(C)c([C@@H](O)C(=O)O)c(C)c1C. The van der Waals surface area contributed by atoms with Gasteiger partial charge in [0.1, 0.15) is 0 Å². The third kappa shape index (κ3) is 2.02. The zero-order chi connectivity index (χ0) is 11.7. The minimum absolute atomic E-state index is 0.519. The molecule has 0 saturated heterocycles. The quantitative estimate of drug-likeness (QED) is 0.782. The molecule has 0 bridgehead atoms. The minimum Gasteiger partial charge on any atom is -0.479 e. The number of aliphatic carboxylic acids is 1. The van der Waals surface area contributed by atoms with E-state index < -0.39 is 12.1 Å². The zero-order valence-electron chi connectivity index (χ0n) is 9.46. The van der Waals surface area contributed by atoms with Crippen molar-refractivity contribution in [3.63, 3.8) is 0 Å². The topological polar surface area (TPSA) is 57.5 Å². The molecule has 1 aromatic rings. The van der Waals surface area contributed by atoms with E-state index in [0.717, 1.165) is 22.3 Å². The molecule has 0 aliphatic rings. The van der Waals surface area contributed by atoms with Gasteiger partial charge in [0.15, 0.2) is 6.10 Å². The lowest BCUT2D eigenvalue weighted by Gasteiger charge is -2.17. The lowest BCUT2D eigenvalue weighted by atomic mass is 9.91. The molecule has 1 atom stereocenters. The van der Waals surface area contributed by atoms with Crippen molar-refractivity contribution in [1.29, 1.82) is 0 Å². The molecule has 3 heteroatoms. The third-order valence-electron chi connectivity index (χ3n) is 2.92. The molecule has 0 unspecified atom stereocenters. The molecule has 0 fully saturated rings. The highest BCUT2D eigenvalue weighted by molar-refractivity contribution is 5.75. The molecule has 2 N–H and O–H groups in total. The van der Waals surface area contributed by atoms with Crippen molar-refractivity contribution in [1.82, 2.24) is 0 Å². The maximum Gasteiger partial charge on any atom is 0.337 e. The molecule has 82 valence electrons. The first kappa shape index (κ1) is 11.7. The Kier molecular flexibility index (Phi) is 3.15. The summed E-state index contributed by atoms with van der Waals surface area (Å²) < 4.78 is 0.